The second-order valence-electron chi connectivity index (χ2n) is 5.34. The highest BCUT2D eigenvalue weighted by molar-refractivity contribution is 5.26. The maximum absolute atomic E-state index is 12.6. The molecule has 0 aliphatic carbocycles. The summed E-state index contributed by atoms with van der Waals surface area (Å²) in [7, 11) is 1.66. The Labute approximate surface area is 124 Å². The van der Waals surface area contributed by atoms with E-state index in [1.54, 1.807) is 19.2 Å². The van der Waals surface area contributed by atoms with E-state index in [9.17, 15) is 13.2 Å². The van der Waals surface area contributed by atoms with Gasteiger partial charge in [0.25, 0.3) is 0 Å². The Morgan fingerprint density at radius 2 is 1.71 bits per heavy atom. The number of ether oxygens (including phenoxy) is 1. The molecule has 0 amide bonds. The second kappa shape index (κ2) is 7.80. The second-order valence-corrected chi connectivity index (χ2v) is 5.34. The first kappa shape index (κ1) is 18.0. The third kappa shape index (κ3) is 5.00. The summed E-state index contributed by atoms with van der Waals surface area (Å²) in [4.78, 5) is 2.26. The van der Waals surface area contributed by atoms with Crippen molar-refractivity contribution in [2.45, 2.75) is 45.5 Å². The number of rotatable bonds is 7. The molecule has 0 aliphatic rings. The number of alkyl halides is 3. The number of benzene rings is 1. The first-order valence-electron chi connectivity index (χ1n) is 7.23. The molecule has 1 unspecified atom stereocenters. The van der Waals surface area contributed by atoms with Crippen LogP contribution in [0, 0.1) is 0 Å². The molecular weight excluding hydrogens is 279 g/mol. The van der Waals surface area contributed by atoms with Crippen LogP contribution in [0.25, 0.3) is 0 Å². The van der Waals surface area contributed by atoms with Crippen molar-refractivity contribution in [3.05, 3.63) is 35.4 Å². The molecule has 21 heavy (non-hydrogen) atoms. The molecule has 0 aromatic heterocycles. The van der Waals surface area contributed by atoms with Crippen LogP contribution in [0.4, 0.5) is 13.2 Å². The third-order valence-corrected chi connectivity index (χ3v) is 3.67. The van der Waals surface area contributed by atoms with Gasteiger partial charge in [-0.25, -0.2) is 0 Å². The van der Waals surface area contributed by atoms with Gasteiger partial charge < -0.3 is 4.74 Å². The van der Waals surface area contributed by atoms with Crippen molar-refractivity contribution in [3.8, 4) is 0 Å². The molecule has 0 bridgehead atoms. The summed E-state index contributed by atoms with van der Waals surface area (Å²) in [6, 6.07) is 5.70. The normalized spacial score (nSPS) is 15.2. The maximum Gasteiger partial charge on any atom is 0.416 e. The predicted octanol–water partition coefficient (Wildman–Crippen LogP) is 4.51. The Balaban J connectivity index is 2.90. The van der Waals surface area contributed by atoms with Crippen LogP contribution in [-0.2, 0) is 10.9 Å². The lowest BCUT2D eigenvalue weighted by Crippen LogP contribution is -2.38. The Hall–Kier alpha value is -1.07. The smallest absolute Gasteiger partial charge is 0.383 e. The summed E-state index contributed by atoms with van der Waals surface area (Å²) in [6.45, 7) is 7.66. The molecule has 0 saturated carbocycles. The third-order valence-electron chi connectivity index (χ3n) is 3.67. The molecule has 0 saturated heterocycles. The van der Waals surface area contributed by atoms with Gasteiger partial charge in [-0.2, -0.15) is 13.2 Å². The van der Waals surface area contributed by atoms with E-state index in [1.165, 1.54) is 0 Å². The molecule has 0 spiro atoms. The molecule has 0 radical (unpaired) electrons. The minimum Gasteiger partial charge on any atom is -0.383 e. The van der Waals surface area contributed by atoms with Crippen molar-refractivity contribution in [2.24, 2.45) is 0 Å². The van der Waals surface area contributed by atoms with E-state index in [1.807, 2.05) is 6.92 Å². The molecule has 1 aromatic carbocycles. The van der Waals surface area contributed by atoms with Crippen LogP contribution in [0.3, 0.4) is 0 Å². The number of halogens is 3. The highest BCUT2D eigenvalue weighted by Gasteiger charge is 2.30. The van der Waals surface area contributed by atoms with Crippen molar-refractivity contribution >= 4 is 0 Å². The predicted molar refractivity (Wildman–Crippen MR) is 78.2 cm³/mol. The first-order valence-corrected chi connectivity index (χ1v) is 7.23. The first-order chi connectivity index (χ1) is 9.81. The topological polar surface area (TPSA) is 12.5 Å². The summed E-state index contributed by atoms with van der Waals surface area (Å²) in [5.74, 6) is 0. The molecule has 2 nitrogen and oxygen atoms in total. The van der Waals surface area contributed by atoms with Crippen LogP contribution in [-0.4, -0.2) is 31.2 Å². The van der Waals surface area contributed by atoms with E-state index >= 15 is 0 Å². The quantitative estimate of drug-likeness (QED) is 0.734. The van der Waals surface area contributed by atoms with E-state index in [2.05, 4.69) is 18.7 Å². The standard InChI is InChI=1S/C16H24F3NO/c1-5-10-20(12(2)11-21-4)13(3)14-6-8-15(9-7-14)16(17,18)19/h6-9,12-13H,5,10-11H2,1-4H3/t12-,13?/m0/s1. The largest absolute Gasteiger partial charge is 0.416 e. The molecule has 0 heterocycles. The Morgan fingerprint density at radius 3 is 2.14 bits per heavy atom. The molecule has 0 fully saturated rings. The lowest BCUT2D eigenvalue weighted by atomic mass is 10.0. The van der Waals surface area contributed by atoms with Crippen LogP contribution >= 0.6 is 0 Å². The minimum absolute atomic E-state index is 0.0531. The van der Waals surface area contributed by atoms with Crippen molar-refractivity contribution in [1.29, 1.82) is 0 Å². The average Bonchev–Trinajstić information content (AvgIpc) is 2.43. The van der Waals surface area contributed by atoms with Gasteiger partial charge in [-0.15, -0.1) is 0 Å². The fourth-order valence-corrected chi connectivity index (χ4v) is 2.53. The highest BCUT2D eigenvalue weighted by Crippen LogP contribution is 2.31. The van der Waals surface area contributed by atoms with Crippen molar-refractivity contribution in [1.82, 2.24) is 4.90 Å². The lowest BCUT2D eigenvalue weighted by Gasteiger charge is -2.34. The van der Waals surface area contributed by atoms with Gasteiger partial charge in [0.15, 0.2) is 0 Å². The van der Waals surface area contributed by atoms with Crippen LogP contribution in [0.1, 0.15) is 44.4 Å². The molecule has 5 heteroatoms. The zero-order chi connectivity index (χ0) is 16.0. The van der Waals surface area contributed by atoms with Gasteiger partial charge in [0.2, 0.25) is 0 Å². The van der Waals surface area contributed by atoms with E-state index in [4.69, 9.17) is 4.74 Å². The van der Waals surface area contributed by atoms with Crippen LogP contribution in [0.15, 0.2) is 24.3 Å². The van der Waals surface area contributed by atoms with E-state index in [0.29, 0.717) is 6.61 Å². The van der Waals surface area contributed by atoms with Crippen LogP contribution in [0.5, 0.6) is 0 Å². The average molecular weight is 303 g/mol. The van der Waals surface area contributed by atoms with Crippen LogP contribution in [0.2, 0.25) is 0 Å². The summed E-state index contributed by atoms with van der Waals surface area (Å²) in [5, 5.41) is 0. The van der Waals surface area contributed by atoms with Crippen molar-refractivity contribution < 1.29 is 17.9 Å². The Bertz CT molecular complexity index is 417. The van der Waals surface area contributed by atoms with E-state index < -0.39 is 11.7 Å². The monoisotopic (exact) mass is 303 g/mol. The molecule has 120 valence electrons. The molecular formula is C16H24F3NO. The molecule has 0 aliphatic heterocycles. The minimum atomic E-state index is -4.28. The zero-order valence-corrected chi connectivity index (χ0v) is 13.1. The molecule has 0 N–H and O–H groups in total. The van der Waals surface area contributed by atoms with E-state index in [0.717, 1.165) is 30.7 Å². The number of hydrogen-bond acceptors (Lipinski definition) is 2. The lowest BCUT2D eigenvalue weighted by molar-refractivity contribution is -0.137. The maximum atomic E-state index is 12.6. The fourth-order valence-electron chi connectivity index (χ4n) is 2.53. The summed E-state index contributed by atoms with van der Waals surface area (Å²) >= 11 is 0. The summed E-state index contributed by atoms with van der Waals surface area (Å²) < 4.78 is 43.0. The zero-order valence-electron chi connectivity index (χ0n) is 13.1. The van der Waals surface area contributed by atoms with Crippen LogP contribution < -0.4 is 0 Å². The van der Waals surface area contributed by atoms with Gasteiger partial charge in [0, 0.05) is 19.2 Å². The van der Waals surface area contributed by atoms with Gasteiger partial charge in [-0.1, -0.05) is 19.1 Å². The Morgan fingerprint density at radius 1 is 1.14 bits per heavy atom. The molecule has 1 rings (SSSR count). The van der Waals surface area contributed by atoms with Crippen molar-refractivity contribution in [2.75, 3.05) is 20.3 Å². The van der Waals surface area contributed by atoms with Gasteiger partial charge in [0.05, 0.1) is 12.2 Å². The summed E-state index contributed by atoms with van der Waals surface area (Å²) in [6.07, 6.45) is -3.30. The van der Waals surface area contributed by atoms with Crippen molar-refractivity contribution in [3.63, 3.8) is 0 Å². The molecule has 2 atom stereocenters. The SMILES string of the molecule is CCCN(C(C)c1ccc(C(F)(F)F)cc1)[C@@H](C)COC. The highest BCUT2D eigenvalue weighted by atomic mass is 19.4. The van der Waals surface area contributed by atoms with Gasteiger partial charge >= 0.3 is 6.18 Å². The number of methoxy groups -OCH3 is 1. The summed E-state index contributed by atoms with van der Waals surface area (Å²) in [5.41, 5.74) is 0.282. The van der Waals surface area contributed by atoms with Gasteiger partial charge in [0.1, 0.15) is 0 Å². The fraction of sp³-hybridized carbons (Fsp3) is 0.625. The van der Waals surface area contributed by atoms with E-state index in [-0.39, 0.29) is 12.1 Å². The number of hydrogen-bond donors (Lipinski definition) is 0. The molecule has 1 aromatic rings. The number of nitrogens with zero attached hydrogens (tertiary/aromatic N) is 1. The Kier molecular flexibility index (Phi) is 6.68. The van der Waals surface area contributed by atoms with Gasteiger partial charge in [-0.3, -0.25) is 4.90 Å². The van der Waals surface area contributed by atoms with Gasteiger partial charge in [-0.05, 0) is 44.5 Å².